The number of esters is 1. The summed E-state index contributed by atoms with van der Waals surface area (Å²) in [5.41, 5.74) is 2.60. The quantitative estimate of drug-likeness (QED) is 0.343. The Kier molecular flexibility index (Phi) is 9.40. The summed E-state index contributed by atoms with van der Waals surface area (Å²) in [4.78, 5) is 12.6. The lowest BCUT2D eigenvalue weighted by atomic mass is 9.97. The van der Waals surface area contributed by atoms with Crippen LogP contribution in [-0.2, 0) is 22.4 Å². The van der Waals surface area contributed by atoms with E-state index in [1.165, 1.54) is 43.5 Å². The van der Waals surface area contributed by atoms with Gasteiger partial charge in [-0.3, -0.25) is 4.79 Å². The maximum Gasteiger partial charge on any atom is 0.308 e. The van der Waals surface area contributed by atoms with E-state index in [9.17, 15) is 4.79 Å². The highest BCUT2D eigenvalue weighted by Gasteiger charge is 2.50. The molecule has 0 aliphatic heterocycles. The van der Waals surface area contributed by atoms with Crippen molar-refractivity contribution < 1.29 is 9.53 Å². The van der Waals surface area contributed by atoms with Gasteiger partial charge in [-0.25, -0.2) is 4.68 Å². The molecular weight excluding hydrogens is 386 g/mol. The summed E-state index contributed by atoms with van der Waals surface area (Å²) in [6.45, 7) is 9.50. The molecule has 31 heavy (non-hydrogen) atoms. The summed E-state index contributed by atoms with van der Waals surface area (Å²) in [6, 6.07) is 0.487. The molecule has 1 heterocycles. The van der Waals surface area contributed by atoms with Gasteiger partial charge in [0.2, 0.25) is 0 Å². The second kappa shape index (κ2) is 12.0. The number of carbonyl (C=O) groups excluding carboxylic acids is 1. The Labute approximate surface area is 189 Å². The zero-order valence-electron chi connectivity index (χ0n) is 20.4. The van der Waals surface area contributed by atoms with E-state index >= 15 is 0 Å². The van der Waals surface area contributed by atoms with Gasteiger partial charge in [-0.05, 0) is 69.1 Å². The van der Waals surface area contributed by atoms with Crippen molar-refractivity contribution in [3.05, 3.63) is 11.4 Å². The number of carbonyl (C=O) groups is 1. The number of fused-ring (bicyclic) bond motifs is 2. The molecule has 1 fully saturated rings. The molecule has 1 saturated carbocycles. The average Bonchev–Trinajstić information content (AvgIpc) is 3.27. The maximum atomic E-state index is 12.6. The first-order valence-corrected chi connectivity index (χ1v) is 13.2. The molecule has 1 aromatic rings. The van der Waals surface area contributed by atoms with E-state index in [2.05, 4.69) is 42.7 Å². The Hall–Kier alpha value is -1.39. The van der Waals surface area contributed by atoms with Gasteiger partial charge in [0, 0.05) is 0 Å². The number of aromatic nitrogens is 3. The molecule has 1 aromatic heterocycles. The van der Waals surface area contributed by atoms with Gasteiger partial charge in [-0.15, -0.1) is 5.10 Å². The lowest BCUT2D eigenvalue weighted by molar-refractivity contribution is -0.149. The summed E-state index contributed by atoms with van der Waals surface area (Å²) < 4.78 is 8.12. The van der Waals surface area contributed by atoms with Gasteiger partial charge in [0.1, 0.15) is 0 Å². The van der Waals surface area contributed by atoms with Crippen LogP contribution in [0.2, 0.25) is 0 Å². The first-order valence-electron chi connectivity index (χ1n) is 13.2. The van der Waals surface area contributed by atoms with Gasteiger partial charge in [0.05, 0.1) is 30.0 Å². The second-order valence-corrected chi connectivity index (χ2v) is 9.96. The van der Waals surface area contributed by atoms with Crippen molar-refractivity contribution in [2.24, 2.45) is 23.7 Å². The Balaban J connectivity index is 1.53. The molecule has 0 radical (unpaired) electrons. The lowest BCUT2D eigenvalue weighted by Gasteiger charge is -2.18. The zero-order valence-corrected chi connectivity index (χ0v) is 20.4. The number of ether oxygens (including phenoxy) is 1. The van der Waals surface area contributed by atoms with Crippen molar-refractivity contribution in [1.82, 2.24) is 15.0 Å². The van der Waals surface area contributed by atoms with Crippen LogP contribution < -0.4 is 0 Å². The standard InChI is InChI=1S/C26H45N3O2/c1-5-9-12-19(11-7-3)26(30)31-18-23-21-14-16-24-25(17-15-22(21)23)29(28-27-24)20(8-4)13-10-6-2/h19-23H,5-18H2,1-4H3. The third kappa shape index (κ3) is 6.10. The van der Waals surface area contributed by atoms with Crippen molar-refractivity contribution in [2.75, 3.05) is 6.61 Å². The van der Waals surface area contributed by atoms with Crippen molar-refractivity contribution in [2.45, 2.75) is 117 Å². The number of hydrogen-bond donors (Lipinski definition) is 0. The maximum absolute atomic E-state index is 12.6. The van der Waals surface area contributed by atoms with Crippen LogP contribution in [0.15, 0.2) is 0 Å². The Morgan fingerprint density at radius 3 is 2.39 bits per heavy atom. The van der Waals surface area contributed by atoms with Gasteiger partial charge < -0.3 is 4.74 Å². The predicted molar refractivity (Wildman–Crippen MR) is 125 cm³/mol. The number of unbranched alkanes of at least 4 members (excludes halogenated alkanes) is 2. The minimum Gasteiger partial charge on any atom is -0.465 e. The molecule has 176 valence electrons. The molecular formula is C26H45N3O2. The molecule has 5 nitrogen and oxygen atoms in total. The number of aryl methyl sites for hydroxylation is 1. The molecule has 0 amide bonds. The Morgan fingerprint density at radius 2 is 1.71 bits per heavy atom. The zero-order chi connectivity index (χ0) is 22.2. The smallest absolute Gasteiger partial charge is 0.308 e. The molecule has 5 unspecified atom stereocenters. The van der Waals surface area contributed by atoms with E-state index in [4.69, 9.17) is 4.74 Å². The fraction of sp³-hybridized carbons (Fsp3) is 0.885. The molecule has 3 rings (SSSR count). The van der Waals surface area contributed by atoms with Crippen LogP contribution in [0, 0.1) is 23.7 Å². The molecule has 0 N–H and O–H groups in total. The molecule has 2 aliphatic carbocycles. The van der Waals surface area contributed by atoms with Crippen molar-refractivity contribution >= 4 is 5.97 Å². The summed E-state index contributed by atoms with van der Waals surface area (Å²) >= 11 is 0. The van der Waals surface area contributed by atoms with Crippen LogP contribution in [0.3, 0.4) is 0 Å². The SMILES string of the molecule is CCCCC(CCC)C(=O)OCC1C2CCc3nnn(C(CC)CCCC)c3CCC21. The van der Waals surface area contributed by atoms with Gasteiger partial charge in [0.15, 0.2) is 0 Å². The van der Waals surface area contributed by atoms with Gasteiger partial charge >= 0.3 is 5.97 Å². The Bertz CT molecular complexity index is 686. The van der Waals surface area contributed by atoms with E-state index in [1.807, 2.05) is 0 Å². The van der Waals surface area contributed by atoms with Crippen LogP contribution in [0.5, 0.6) is 0 Å². The minimum atomic E-state index is 0.0527. The molecule has 0 spiro atoms. The third-order valence-corrected chi connectivity index (χ3v) is 7.81. The summed E-state index contributed by atoms with van der Waals surface area (Å²) in [7, 11) is 0. The van der Waals surface area contributed by atoms with Gasteiger partial charge in [-0.1, -0.05) is 65.0 Å². The average molecular weight is 432 g/mol. The molecule has 5 atom stereocenters. The van der Waals surface area contributed by atoms with Gasteiger partial charge in [0.25, 0.3) is 0 Å². The van der Waals surface area contributed by atoms with E-state index in [0.717, 1.165) is 51.4 Å². The highest BCUT2D eigenvalue weighted by Crippen LogP contribution is 2.53. The van der Waals surface area contributed by atoms with Crippen molar-refractivity contribution in [1.29, 1.82) is 0 Å². The molecule has 2 aliphatic rings. The molecule has 0 aromatic carbocycles. The normalized spacial score (nSPS) is 24.5. The minimum absolute atomic E-state index is 0.0527. The highest BCUT2D eigenvalue weighted by atomic mass is 16.5. The van der Waals surface area contributed by atoms with E-state index in [1.54, 1.807) is 0 Å². The number of hydrogen-bond acceptors (Lipinski definition) is 4. The van der Waals surface area contributed by atoms with Crippen LogP contribution in [0.25, 0.3) is 0 Å². The van der Waals surface area contributed by atoms with Crippen LogP contribution in [-0.4, -0.2) is 27.6 Å². The summed E-state index contributed by atoms with van der Waals surface area (Å²) in [5.74, 6) is 2.13. The first-order chi connectivity index (χ1) is 15.1. The Morgan fingerprint density at radius 1 is 1.00 bits per heavy atom. The topological polar surface area (TPSA) is 57.0 Å². The fourth-order valence-corrected chi connectivity index (χ4v) is 5.74. The van der Waals surface area contributed by atoms with Crippen molar-refractivity contribution in [3.63, 3.8) is 0 Å². The van der Waals surface area contributed by atoms with Gasteiger partial charge in [-0.2, -0.15) is 0 Å². The number of nitrogens with zero attached hydrogens (tertiary/aromatic N) is 3. The lowest BCUT2D eigenvalue weighted by Crippen LogP contribution is -2.19. The highest BCUT2D eigenvalue weighted by molar-refractivity contribution is 5.72. The van der Waals surface area contributed by atoms with Crippen LogP contribution >= 0.6 is 0 Å². The van der Waals surface area contributed by atoms with E-state index in [0.29, 0.717) is 30.4 Å². The number of rotatable bonds is 13. The van der Waals surface area contributed by atoms with Crippen LogP contribution in [0.1, 0.15) is 116 Å². The largest absolute Gasteiger partial charge is 0.465 e. The molecule has 0 bridgehead atoms. The van der Waals surface area contributed by atoms with Crippen LogP contribution in [0.4, 0.5) is 0 Å². The predicted octanol–water partition coefficient (Wildman–Crippen LogP) is 6.31. The monoisotopic (exact) mass is 431 g/mol. The second-order valence-electron chi connectivity index (χ2n) is 9.96. The summed E-state index contributed by atoms with van der Waals surface area (Å²) in [5, 5.41) is 9.17. The third-order valence-electron chi connectivity index (χ3n) is 7.81. The molecule has 0 saturated heterocycles. The van der Waals surface area contributed by atoms with E-state index < -0.39 is 0 Å². The molecule has 5 heteroatoms. The van der Waals surface area contributed by atoms with Crippen molar-refractivity contribution in [3.8, 4) is 0 Å². The fourth-order valence-electron chi connectivity index (χ4n) is 5.74. The first kappa shape index (κ1) is 24.3. The van der Waals surface area contributed by atoms with E-state index in [-0.39, 0.29) is 11.9 Å². The summed E-state index contributed by atoms with van der Waals surface area (Å²) in [6.07, 6.45) is 14.5.